The molecule has 0 aliphatic heterocycles. The summed E-state index contributed by atoms with van der Waals surface area (Å²) in [5.74, 6) is 0.263. The monoisotopic (exact) mass is 537 g/mol. The van der Waals surface area contributed by atoms with E-state index in [0.29, 0.717) is 22.9 Å². The van der Waals surface area contributed by atoms with Crippen LogP contribution in [0.2, 0.25) is 5.02 Å². The summed E-state index contributed by atoms with van der Waals surface area (Å²) in [6.45, 7) is 5.98. The molecule has 1 unspecified atom stereocenters. The Labute approximate surface area is 219 Å². The third-order valence-electron chi connectivity index (χ3n) is 5.60. The molecule has 8 nitrogen and oxygen atoms in total. The summed E-state index contributed by atoms with van der Waals surface area (Å²) >= 11 is 5.94. The number of anilines is 1. The van der Waals surface area contributed by atoms with Gasteiger partial charge in [0.25, 0.3) is 0 Å². The smallest absolute Gasteiger partial charge is 0.243 e. The van der Waals surface area contributed by atoms with Crippen LogP contribution in [0.4, 0.5) is 5.69 Å². The topological polar surface area (TPSA) is 96.0 Å². The highest BCUT2D eigenvalue weighted by molar-refractivity contribution is 7.92. The van der Waals surface area contributed by atoms with Gasteiger partial charge in [-0.1, -0.05) is 30.7 Å². The maximum atomic E-state index is 13.4. The lowest BCUT2D eigenvalue weighted by Crippen LogP contribution is -2.50. The summed E-state index contributed by atoms with van der Waals surface area (Å²) in [7, 11) is -1.98. The third-order valence-corrected chi connectivity index (χ3v) is 7.04. The quantitative estimate of drug-likeness (QED) is 0.412. The van der Waals surface area contributed by atoms with Crippen LogP contribution in [-0.2, 0) is 26.2 Å². The molecule has 2 rings (SSSR count). The van der Waals surface area contributed by atoms with E-state index >= 15 is 0 Å². The Balaban J connectivity index is 2.21. The summed E-state index contributed by atoms with van der Waals surface area (Å²) in [5.41, 5.74) is 1.34. The van der Waals surface area contributed by atoms with Gasteiger partial charge in [-0.3, -0.25) is 13.9 Å². The van der Waals surface area contributed by atoms with Crippen LogP contribution >= 0.6 is 11.6 Å². The number of carbonyl (C=O) groups is 2. The standard InChI is InChI=1S/C26H36ClN3O5S/c1-6-24(26(32)28-19(2)3)29(18-20-9-15-23(35-4)16-10-20)25(31)8-7-17-30(36(5,33)34)22-13-11-21(27)12-14-22/h9-16,19,24H,6-8,17-18H2,1-5H3,(H,28,32). The van der Waals surface area contributed by atoms with Gasteiger partial charge in [-0.05, 0) is 68.7 Å². The molecule has 0 aromatic heterocycles. The predicted octanol–water partition coefficient (Wildman–Crippen LogP) is 4.23. The van der Waals surface area contributed by atoms with Gasteiger partial charge in [-0.25, -0.2) is 8.42 Å². The van der Waals surface area contributed by atoms with E-state index in [1.165, 1.54) is 4.31 Å². The average molecular weight is 538 g/mol. The highest BCUT2D eigenvalue weighted by Gasteiger charge is 2.29. The largest absolute Gasteiger partial charge is 0.497 e. The molecular formula is C26H36ClN3O5S. The molecule has 2 aromatic carbocycles. The van der Waals surface area contributed by atoms with Crippen LogP contribution in [0.3, 0.4) is 0 Å². The van der Waals surface area contributed by atoms with E-state index in [9.17, 15) is 18.0 Å². The SMILES string of the molecule is CCC(C(=O)NC(C)C)N(Cc1ccc(OC)cc1)C(=O)CCCN(c1ccc(Cl)cc1)S(C)(=O)=O. The summed E-state index contributed by atoms with van der Waals surface area (Å²) in [4.78, 5) is 27.9. The van der Waals surface area contributed by atoms with Crippen molar-refractivity contribution in [3.63, 3.8) is 0 Å². The lowest BCUT2D eigenvalue weighted by atomic mass is 10.1. The first kappa shape index (κ1) is 29.5. The molecule has 1 N–H and O–H groups in total. The lowest BCUT2D eigenvalue weighted by molar-refractivity contribution is -0.141. The minimum absolute atomic E-state index is 0.0628. The molecule has 36 heavy (non-hydrogen) atoms. The van der Waals surface area contributed by atoms with Crippen LogP contribution in [-0.4, -0.2) is 57.1 Å². The molecule has 0 saturated carbocycles. The van der Waals surface area contributed by atoms with Gasteiger partial charge in [0.15, 0.2) is 0 Å². The number of rotatable bonds is 13. The number of hydrogen-bond acceptors (Lipinski definition) is 5. The Morgan fingerprint density at radius 1 is 1.06 bits per heavy atom. The van der Waals surface area contributed by atoms with E-state index in [0.717, 1.165) is 11.8 Å². The number of amides is 2. The summed E-state index contributed by atoms with van der Waals surface area (Å²) in [6.07, 6.45) is 1.95. The molecule has 0 heterocycles. The molecule has 2 aromatic rings. The van der Waals surface area contributed by atoms with E-state index < -0.39 is 16.1 Å². The Bertz CT molecular complexity index is 1110. The first-order valence-corrected chi connectivity index (χ1v) is 14.1. The third kappa shape index (κ3) is 8.71. The Morgan fingerprint density at radius 3 is 2.17 bits per heavy atom. The van der Waals surface area contributed by atoms with Crippen LogP contribution in [0.5, 0.6) is 5.75 Å². The zero-order valence-electron chi connectivity index (χ0n) is 21.5. The van der Waals surface area contributed by atoms with E-state index in [1.807, 2.05) is 45.0 Å². The zero-order valence-corrected chi connectivity index (χ0v) is 23.1. The van der Waals surface area contributed by atoms with Crippen molar-refractivity contribution in [3.05, 3.63) is 59.1 Å². The first-order valence-electron chi connectivity index (χ1n) is 11.9. The number of sulfonamides is 1. The number of ether oxygens (including phenoxy) is 1. The van der Waals surface area contributed by atoms with Gasteiger partial charge in [0.2, 0.25) is 21.8 Å². The summed E-state index contributed by atoms with van der Waals surface area (Å²) < 4.78 is 31.3. The number of carbonyl (C=O) groups excluding carboxylic acids is 2. The minimum atomic E-state index is -3.56. The van der Waals surface area contributed by atoms with Crippen molar-refractivity contribution in [1.29, 1.82) is 0 Å². The molecule has 10 heteroatoms. The highest BCUT2D eigenvalue weighted by atomic mass is 35.5. The number of hydrogen-bond donors (Lipinski definition) is 1. The number of nitrogens with zero attached hydrogens (tertiary/aromatic N) is 2. The van der Waals surface area contributed by atoms with Gasteiger partial charge in [0.1, 0.15) is 11.8 Å². The summed E-state index contributed by atoms with van der Waals surface area (Å²) in [6, 6.07) is 13.1. The molecule has 0 spiro atoms. The van der Waals surface area contributed by atoms with E-state index in [-0.39, 0.29) is 43.8 Å². The molecule has 0 saturated heterocycles. The van der Waals surface area contributed by atoms with Crippen molar-refractivity contribution in [2.45, 2.75) is 58.7 Å². The molecular weight excluding hydrogens is 502 g/mol. The fourth-order valence-electron chi connectivity index (χ4n) is 3.84. The normalized spacial score (nSPS) is 12.2. The van der Waals surface area contributed by atoms with E-state index in [4.69, 9.17) is 16.3 Å². The molecule has 198 valence electrons. The Morgan fingerprint density at radius 2 is 1.67 bits per heavy atom. The van der Waals surface area contributed by atoms with Gasteiger partial charge in [0, 0.05) is 30.6 Å². The van der Waals surface area contributed by atoms with Crippen molar-refractivity contribution < 1.29 is 22.7 Å². The lowest BCUT2D eigenvalue weighted by Gasteiger charge is -2.31. The molecule has 0 fully saturated rings. The van der Waals surface area contributed by atoms with Crippen LogP contribution in [0.25, 0.3) is 0 Å². The average Bonchev–Trinajstić information content (AvgIpc) is 2.81. The second-order valence-corrected chi connectivity index (χ2v) is 11.2. The van der Waals surface area contributed by atoms with Crippen molar-refractivity contribution in [2.75, 3.05) is 24.2 Å². The molecule has 0 aliphatic carbocycles. The predicted molar refractivity (Wildman–Crippen MR) is 144 cm³/mol. The molecule has 2 amide bonds. The number of benzene rings is 2. The maximum absolute atomic E-state index is 13.4. The van der Waals surface area contributed by atoms with E-state index in [2.05, 4.69) is 5.32 Å². The number of nitrogens with one attached hydrogen (secondary N) is 1. The van der Waals surface area contributed by atoms with Gasteiger partial charge >= 0.3 is 0 Å². The van der Waals surface area contributed by atoms with Crippen LogP contribution in [0, 0.1) is 0 Å². The second kappa shape index (κ2) is 13.5. The first-order chi connectivity index (χ1) is 17.0. The minimum Gasteiger partial charge on any atom is -0.497 e. The van der Waals surface area contributed by atoms with Gasteiger partial charge in [-0.15, -0.1) is 0 Å². The van der Waals surface area contributed by atoms with E-state index in [1.54, 1.807) is 36.3 Å². The summed E-state index contributed by atoms with van der Waals surface area (Å²) in [5, 5.41) is 3.40. The molecule has 1 atom stereocenters. The van der Waals surface area contributed by atoms with Gasteiger partial charge < -0.3 is 15.0 Å². The Kier molecular flexibility index (Phi) is 11.0. The van der Waals surface area contributed by atoms with Crippen molar-refractivity contribution in [2.24, 2.45) is 0 Å². The second-order valence-electron chi connectivity index (χ2n) is 8.87. The zero-order chi connectivity index (χ0) is 26.9. The number of halogens is 1. The van der Waals surface area contributed by atoms with Gasteiger partial charge in [0.05, 0.1) is 19.1 Å². The van der Waals surface area contributed by atoms with Crippen molar-refractivity contribution in [1.82, 2.24) is 10.2 Å². The van der Waals surface area contributed by atoms with Crippen LogP contribution in [0.15, 0.2) is 48.5 Å². The Hall–Kier alpha value is -2.78. The number of methoxy groups -OCH3 is 1. The fourth-order valence-corrected chi connectivity index (χ4v) is 4.93. The van der Waals surface area contributed by atoms with Crippen LogP contribution < -0.4 is 14.4 Å². The highest BCUT2D eigenvalue weighted by Crippen LogP contribution is 2.22. The molecule has 0 radical (unpaired) electrons. The van der Waals surface area contributed by atoms with Gasteiger partial charge in [-0.2, -0.15) is 0 Å². The molecule has 0 aliphatic rings. The van der Waals surface area contributed by atoms with Crippen molar-refractivity contribution >= 4 is 39.1 Å². The van der Waals surface area contributed by atoms with Crippen LogP contribution in [0.1, 0.15) is 45.6 Å². The van der Waals surface area contributed by atoms with Crippen molar-refractivity contribution in [3.8, 4) is 5.75 Å². The molecule has 0 bridgehead atoms. The maximum Gasteiger partial charge on any atom is 0.243 e. The fraction of sp³-hybridized carbons (Fsp3) is 0.462.